The molecular weight excluding hydrogens is 356 g/mol. The molecule has 1 aromatic carbocycles. The van der Waals surface area contributed by atoms with Crippen LogP contribution in [0.25, 0.3) is 5.69 Å². The normalized spacial score (nSPS) is 17.9. The molecule has 1 aliphatic rings. The van der Waals surface area contributed by atoms with Crippen LogP contribution in [0.3, 0.4) is 0 Å². The van der Waals surface area contributed by atoms with Gasteiger partial charge in [-0.3, -0.25) is 4.90 Å². The van der Waals surface area contributed by atoms with Crippen LogP contribution in [0.15, 0.2) is 54.2 Å². The zero-order valence-electron chi connectivity index (χ0n) is 15.7. The molecule has 1 N–H and O–H groups in total. The van der Waals surface area contributed by atoms with Gasteiger partial charge in [0.15, 0.2) is 0 Å². The minimum atomic E-state index is 0.510. The van der Waals surface area contributed by atoms with Gasteiger partial charge in [-0.15, -0.1) is 11.3 Å². The highest BCUT2D eigenvalue weighted by molar-refractivity contribution is 7.09. The van der Waals surface area contributed by atoms with Crippen molar-refractivity contribution in [1.82, 2.24) is 20.0 Å². The topological polar surface area (TPSA) is 42.3 Å². The largest absolute Gasteiger partial charge is 0.497 e. The highest BCUT2D eigenvalue weighted by atomic mass is 32.1. The molecule has 1 saturated heterocycles. The van der Waals surface area contributed by atoms with Crippen molar-refractivity contribution in [3.8, 4) is 11.4 Å². The average molecular weight is 383 g/mol. The summed E-state index contributed by atoms with van der Waals surface area (Å²) in [6.45, 7) is 4.16. The molecule has 3 aromatic rings. The number of piperidine rings is 1. The van der Waals surface area contributed by atoms with Crippen LogP contribution >= 0.6 is 11.3 Å². The molecule has 0 amide bonds. The Labute approximate surface area is 164 Å². The minimum Gasteiger partial charge on any atom is -0.497 e. The number of nitrogens with one attached hydrogen (secondary N) is 1. The van der Waals surface area contributed by atoms with Gasteiger partial charge in [0.2, 0.25) is 0 Å². The van der Waals surface area contributed by atoms with Crippen molar-refractivity contribution in [2.24, 2.45) is 0 Å². The first-order chi connectivity index (χ1) is 13.3. The van der Waals surface area contributed by atoms with Crippen molar-refractivity contribution in [2.45, 2.75) is 32.0 Å². The van der Waals surface area contributed by atoms with E-state index in [9.17, 15) is 0 Å². The monoisotopic (exact) mass is 382 g/mol. The smallest absolute Gasteiger partial charge is 0.119 e. The number of hydrogen-bond acceptors (Lipinski definition) is 5. The second-order valence-electron chi connectivity index (χ2n) is 6.98. The number of thiophene rings is 1. The Morgan fingerprint density at radius 1 is 1.30 bits per heavy atom. The molecule has 3 heterocycles. The standard InChI is InChI=1S/C21H26N4OS/c1-26-19-7-8-21(25-11-4-9-23-25)17(13-19)14-22-18-5-2-10-24(15-18)16-20-6-3-12-27-20/h3-4,6-9,11-13,18,22H,2,5,10,14-16H2,1H3. The Morgan fingerprint density at radius 2 is 2.26 bits per heavy atom. The van der Waals surface area contributed by atoms with E-state index < -0.39 is 0 Å². The predicted molar refractivity (Wildman–Crippen MR) is 110 cm³/mol. The molecule has 6 heteroatoms. The SMILES string of the molecule is COc1ccc(-n2cccn2)c(CNC2CCCN(Cc3cccs3)C2)c1. The zero-order chi connectivity index (χ0) is 18.5. The molecule has 0 spiro atoms. The van der Waals surface area contributed by atoms with Crippen molar-refractivity contribution in [2.75, 3.05) is 20.2 Å². The molecule has 5 nitrogen and oxygen atoms in total. The van der Waals surface area contributed by atoms with Crippen LogP contribution in [0.4, 0.5) is 0 Å². The van der Waals surface area contributed by atoms with Gasteiger partial charge in [0, 0.05) is 42.9 Å². The third-order valence-corrected chi connectivity index (χ3v) is 5.95. The number of ether oxygens (including phenoxy) is 1. The first kappa shape index (κ1) is 18.2. The molecule has 4 rings (SSSR count). The van der Waals surface area contributed by atoms with Gasteiger partial charge < -0.3 is 10.1 Å². The van der Waals surface area contributed by atoms with E-state index in [-0.39, 0.29) is 0 Å². The number of methoxy groups -OCH3 is 1. The molecular formula is C21H26N4OS. The van der Waals surface area contributed by atoms with Gasteiger partial charge in [0.05, 0.1) is 12.8 Å². The number of benzene rings is 1. The average Bonchev–Trinajstić information content (AvgIpc) is 3.40. The van der Waals surface area contributed by atoms with E-state index in [4.69, 9.17) is 4.74 Å². The van der Waals surface area contributed by atoms with Crippen molar-refractivity contribution in [1.29, 1.82) is 0 Å². The van der Waals surface area contributed by atoms with Crippen molar-refractivity contribution >= 4 is 11.3 Å². The maximum absolute atomic E-state index is 5.43. The Morgan fingerprint density at radius 3 is 3.04 bits per heavy atom. The number of nitrogens with zero attached hydrogens (tertiary/aromatic N) is 3. The van der Waals surface area contributed by atoms with E-state index in [0.29, 0.717) is 6.04 Å². The van der Waals surface area contributed by atoms with Gasteiger partial charge in [-0.2, -0.15) is 5.10 Å². The van der Waals surface area contributed by atoms with Crippen LogP contribution in [0.1, 0.15) is 23.3 Å². The van der Waals surface area contributed by atoms with Crippen LogP contribution in [0.2, 0.25) is 0 Å². The van der Waals surface area contributed by atoms with Gasteiger partial charge >= 0.3 is 0 Å². The summed E-state index contributed by atoms with van der Waals surface area (Å²) in [6, 6.07) is 13.0. The number of likely N-dealkylation sites (tertiary alicyclic amines) is 1. The summed E-state index contributed by atoms with van der Waals surface area (Å²) in [5, 5.41) is 10.3. The number of aromatic nitrogens is 2. The molecule has 0 saturated carbocycles. The molecule has 1 aliphatic heterocycles. The Kier molecular flexibility index (Phi) is 5.87. The highest BCUT2D eigenvalue weighted by Crippen LogP contribution is 2.22. The van der Waals surface area contributed by atoms with E-state index in [2.05, 4.69) is 45.0 Å². The van der Waals surface area contributed by atoms with Gasteiger partial charge in [0.1, 0.15) is 5.75 Å². The number of hydrogen-bond donors (Lipinski definition) is 1. The molecule has 27 heavy (non-hydrogen) atoms. The lowest BCUT2D eigenvalue weighted by Crippen LogP contribution is -2.45. The van der Waals surface area contributed by atoms with Gasteiger partial charge in [0.25, 0.3) is 0 Å². The molecule has 0 radical (unpaired) electrons. The molecule has 142 valence electrons. The van der Waals surface area contributed by atoms with E-state index in [1.165, 1.54) is 29.8 Å². The van der Waals surface area contributed by atoms with E-state index in [1.807, 2.05) is 40.5 Å². The van der Waals surface area contributed by atoms with Crippen LogP contribution in [0.5, 0.6) is 5.75 Å². The van der Waals surface area contributed by atoms with E-state index in [1.54, 1.807) is 7.11 Å². The van der Waals surface area contributed by atoms with Crippen molar-refractivity contribution < 1.29 is 4.74 Å². The molecule has 1 atom stereocenters. The lowest BCUT2D eigenvalue weighted by atomic mass is 10.0. The maximum atomic E-state index is 5.43. The summed E-state index contributed by atoms with van der Waals surface area (Å²) in [4.78, 5) is 4.01. The van der Waals surface area contributed by atoms with Gasteiger partial charge in [-0.25, -0.2) is 4.68 Å². The van der Waals surface area contributed by atoms with Crippen LogP contribution in [0, 0.1) is 0 Å². The van der Waals surface area contributed by atoms with Gasteiger partial charge in [-0.1, -0.05) is 6.07 Å². The minimum absolute atomic E-state index is 0.510. The molecule has 0 aliphatic carbocycles. The predicted octanol–water partition coefficient (Wildman–Crippen LogP) is 3.70. The summed E-state index contributed by atoms with van der Waals surface area (Å²) >= 11 is 1.85. The van der Waals surface area contributed by atoms with Crippen molar-refractivity contribution in [3.05, 3.63) is 64.6 Å². The molecule has 0 bridgehead atoms. The maximum Gasteiger partial charge on any atom is 0.119 e. The summed E-state index contributed by atoms with van der Waals surface area (Å²) in [7, 11) is 1.71. The second kappa shape index (κ2) is 8.69. The van der Waals surface area contributed by atoms with Crippen LogP contribution < -0.4 is 10.1 Å². The van der Waals surface area contributed by atoms with E-state index >= 15 is 0 Å². The zero-order valence-corrected chi connectivity index (χ0v) is 16.5. The summed E-state index contributed by atoms with van der Waals surface area (Å²) in [6.07, 6.45) is 6.26. The third-order valence-electron chi connectivity index (χ3n) is 5.08. The van der Waals surface area contributed by atoms with E-state index in [0.717, 1.165) is 31.1 Å². The lowest BCUT2D eigenvalue weighted by Gasteiger charge is -2.33. The highest BCUT2D eigenvalue weighted by Gasteiger charge is 2.20. The lowest BCUT2D eigenvalue weighted by molar-refractivity contribution is 0.184. The fraction of sp³-hybridized carbons (Fsp3) is 0.381. The first-order valence-electron chi connectivity index (χ1n) is 9.47. The van der Waals surface area contributed by atoms with Crippen LogP contribution in [-0.4, -0.2) is 40.9 Å². The fourth-order valence-electron chi connectivity index (χ4n) is 3.71. The number of rotatable bonds is 7. The fourth-order valence-corrected chi connectivity index (χ4v) is 4.45. The molecule has 2 aromatic heterocycles. The first-order valence-corrected chi connectivity index (χ1v) is 10.3. The van der Waals surface area contributed by atoms with Crippen LogP contribution in [-0.2, 0) is 13.1 Å². The Balaban J connectivity index is 1.41. The molecule has 1 unspecified atom stereocenters. The summed E-state index contributed by atoms with van der Waals surface area (Å²) < 4.78 is 7.35. The Bertz CT molecular complexity index is 832. The van der Waals surface area contributed by atoms with Gasteiger partial charge in [-0.05, 0) is 60.7 Å². The summed E-state index contributed by atoms with van der Waals surface area (Å²) in [5.74, 6) is 0.880. The summed E-state index contributed by atoms with van der Waals surface area (Å²) in [5.41, 5.74) is 2.30. The third kappa shape index (κ3) is 4.58. The molecule has 1 fully saturated rings. The quantitative estimate of drug-likeness (QED) is 0.677. The second-order valence-corrected chi connectivity index (χ2v) is 8.01. The Hall–Kier alpha value is -2.15. The van der Waals surface area contributed by atoms with Crippen molar-refractivity contribution in [3.63, 3.8) is 0 Å².